The number of anilines is 1. The van der Waals surface area contributed by atoms with Gasteiger partial charge in [-0.1, -0.05) is 12.1 Å². The summed E-state index contributed by atoms with van der Waals surface area (Å²) in [5, 5.41) is 15.6. The van der Waals surface area contributed by atoms with Crippen molar-refractivity contribution in [3.8, 4) is 5.75 Å². The van der Waals surface area contributed by atoms with E-state index in [1.165, 1.54) is 23.1 Å². The number of benzene rings is 2. The fourth-order valence-electron chi connectivity index (χ4n) is 5.48. The summed E-state index contributed by atoms with van der Waals surface area (Å²) in [5.41, 5.74) is 0.0653. The van der Waals surface area contributed by atoms with Crippen molar-refractivity contribution in [2.24, 2.45) is 11.8 Å². The van der Waals surface area contributed by atoms with Crippen LogP contribution in [-0.4, -0.2) is 54.0 Å². The van der Waals surface area contributed by atoms with Crippen LogP contribution in [0.5, 0.6) is 5.75 Å². The van der Waals surface area contributed by atoms with Gasteiger partial charge in [0.25, 0.3) is 0 Å². The normalized spacial score (nSPS) is 27.9. The van der Waals surface area contributed by atoms with Crippen LogP contribution in [0, 0.1) is 17.7 Å². The van der Waals surface area contributed by atoms with Gasteiger partial charge in [0.05, 0.1) is 11.8 Å². The fourth-order valence-corrected chi connectivity index (χ4v) is 5.48. The lowest BCUT2D eigenvalue weighted by Gasteiger charge is -2.29. The summed E-state index contributed by atoms with van der Waals surface area (Å²) < 4.78 is 19.3. The molecule has 5 rings (SSSR count). The number of nitrogens with zero attached hydrogens (tertiary/aromatic N) is 1. The Bertz CT molecular complexity index is 1140. The van der Waals surface area contributed by atoms with E-state index in [1.807, 2.05) is 0 Å². The minimum Gasteiger partial charge on any atom is -0.508 e. The summed E-state index contributed by atoms with van der Waals surface area (Å²) in [4.78, 5) is 41.6. The lowest BCUT2D eigenvalue weighted by atomic mass is 9.76. The van der Waals surface area contributed by atoms with E-state index in [0.717, 1.165) is 5.56 Å². The van der Waals surface area contributed by atoms with Crippen molar-refractivity contribution in [3.63, 3.8) is 0 Å². The summed E-state index contributed by atoms with van der Waals surface area (Å²) in [5.74, 6) is -3.43. The Balaban J connectivity index is 1.58. The predicted molar refractivity (Wildman–Crippen MR) is 116 cm³/mol. The molecule has 3 aliphatic heterocycles. The minimum atomic E-state index is -1.54. The Morgan fingerprint density at radius 2 is 1.88 bits per heavy atom. The van der Waals surface area contributed by atoms with E-state index in [-0.39, 0.29) is 18.2 Å². The van der Waals surface area contributed by atoms with Crippen molar-refractivity contribution in [1.29, 1.82) is 0 Å². The third-order valence-electron chi connectivity index (χ3n) is 6.89. The van der Waals surface area contributed by atoms with E-state index >= 15 is 0 Å². The summed E-state index contributed by atoms with van der Waals surface area (Å²) in [6.07, 6.45) is 0.833. The monoisotopic (exact) mass is 453 g/mol. The average molecular weight is 453 g/mol. The molecule has 0 unspecified atom stereocenters. The number of carbonyl (C=O) groups is 3. The van der Waals surface area contributed by atoms with Crippen molar-refractivity contribution in [3.05, 3.63) is 59.4 Å². The van der Waals surface area contributed by atoms with Crippen LogP contribution in [0.4, 0.5) is 10.1 Å². The van der Waals surface area contributed by atoms with E-state index in [9.17, 15) is 23.9 Å². The Hall–Kier alpha value is -3.30. The Morgan fingerprint density at radius 3 is 2.61 bits per heavy atom. The number of likely N-dealkylation sites (tertiary alicyclic amines) is 1. The molecule has 9 heteroatoms. The second kappa shape index (κ2) is 7.93. The Labute approximate surface area is 189 Å². The number of methoxy groups -OCH3 is 1. The number of phenolic OH excluding ortho intramolecular Hbond substituents is 1. The highest BCUT2D eigenvalue weighted by atomic mass is 19.1. The molecule has 0 radical (unpaired) electrons. The number of halogens is 1. The van der Waals surface area contributed by atoms with Gasteiger partial charge in [-0.2, -0.15) is 0 Å². The quantitative estimate of drug-likeness (QED) is 0.452. The molecule has 1 spiro atoms. The molecule has 8 nitrogen and oxygen atoms in total. The molecule has 2 aromatic carbocycles. The first-order chi connectivity index (χ1) is 15.9. The van der Waals surface area contributed by atoms with Crippen LogP contribution < -0.4 is 10.6 Å². The van der Waals surface area contributed by atoms with Crippen LogP contribution in [0.3, 0.4) is 0 Å². The number of hydrogen-bond donors (Lipinski definition) is 3. The molecule has 0 bridgehead atoms. The van der Waals surface area contributed by atoms with Gasteiger partial charge in [0.15, 0.2) is 0 Å². The maximum atomic E-state index is 14.2. The van der Waals surface area contributed by atoms with E-state index < -0.39 is 41.0 Å². The second-order valence-electron chi connectivity index (χ2n) is 8.75. The van der Waals surface area contributed by atoms with Crippen LogP contribution in [0.25, 0.3) is 0 Å². The van der Waals surface area contributed by atoms with Crippen molar-refractivity contribution < 1.29 is 28.6 Å². The van der Waals surface area contributed by atoms with Crippen molar-refractivity contribution in [2.45, 2.75) is 24.4 Å². The molecule has 0 saturated carbocycles. The standard InChI is InChI=1S/C24H24FN3O5/c1-33-10-2-9-28-21(30)19-18(11-13-3-6-15(29)7-4-13)27-24(20(19)22(28)31)16-12-14(25)5-8-17(16)26-23(24)32/h3-8,12,18-20,27,29H,2,9-11H2,1H3,(H,26,32)/t18-,19-,20+,24-/m1/s1. The van der Waals surface area contributed by atoms with E-state index in [2.05, 4.69) is 10.6 Å². The van der Waals surface area contributed by atoms with Gasteiger partial charge in [0, 0.05) is 37.6 Å². The van der Waals surface area contributed by atoms with Gasteiger partial charge in [0.1, 0.15) is 17.1 Å². The Kier molecular flexibility index (Phi) is 5.18. The summed E-state index contributed by atoms with van der Waals surface area (Å²) in [7, 11) is 1.54. The molecule has 0 aromatic heterocycles. The predicted octanol–water partition coefficient (Wildman–Crippen LogP) is 1.53. The lowest BCUT2D eigenvalue weighted by molar-refractivity contribution is -0.143. The molecular weight excluding hydrogens is 429 g/mol. The molecule has 4 atom stereocenters. The molecule has 0 aliphatic carbocycles. The van der Waals surface area contributed by atoms with Gasteiger partial charge in [-0.3, -0.25) is 24.6 Å². The maximum Gasteiger partial charge on any atom is 0.250 e. The zero-order valence-electron chi connectivity index (χ0n) is 18.0. The molecule has 3 aliphatic rings. The smallest absolute Gasteiger partial charge is 0.250 e. The van der Waals surface area contributed by atoms with E-state index in [0.29, 0.717) is 30.7 Å². The molecule has 2 aromatic rings. The van der Waals surface area contributed by atoms with Crippen molar-refractivity contribution in [1.82, 2.24) is 10.2 Å². The highest BCUT2D eigenvalue weighted by molar-refractivity contribution is 6.15. The summed E-state index contributed by atoms with van der Waals surface area (Å²) >= 11 is 0. The molecule has 2 fully saturated rings. The third kappa shape index (κ3) is 3.22. The first kappa shape index (κ1) is 21.5. The first-order valence-electron chi connectivity index (χ1n) is 10.9. The largest absolute Gasteiger partial charge is 0.508 e. The molecule has 172 valence electrons. The van der Waals surface area contributed by atoms with Gasteiger partial charge >= 0.3 is 0 Å². The highest BCUT2D eigenvalue weighted by Crippen LogP contribution is 2.53. The summed E-state index contributed by atoms with van der Waals surface area (Å²) in [6.45, 7) is 0.583. The molecular formula is C24H24FN3O5. The average Bonchev–Trinajstić information content (AvgIpc) is 3.36. The number of imide groups is 1. The van der Waals surface area contributed by atoms with Gasteiger partial charge in [-0.25, -0.2) is 4.39 Å². The Morgan fingerprint density at radius 1 is 1.12 bits per heavy atom. The second-order valence-corrected chi connectivity index (χ2v) is 8.75. The number of hydrogen-bond acceptors (Lipinski definition) is 6. The van der Waals surface area contributed by atoms with E-state index in [1.54, 1.807) is 31.4 Å². The van der Waals surface area contributed by atoms with Crippen LogP contribution in [-0.2, 0) is 31.1 Å². The van der Waals surface area contributed by atoms with Gasteiger partial charge in [-0.05, 0) is 48.7 Å². The first-order valence-corrected chi connectivity index (χ1v) is 10.9. The van der Waals surface area contributed by atoms with Gasteiger partial charge in [-0.15, -0.1) is 0 Å². The maximum absolute atomic E-state index is 14.2. The number of fused-ring (bicyclic) bond motifs is 4. The highest BCUT2D eigenvalue weighted by Gasteiger charge is 2.70. The van der Waals surface area contributed by atoms with Crippen molar-refractivity contribution in [2.75, 3.05) is 25.6 Å². The molecule has 2 saturated heterocycles. The number of ether oxygens (including phenoxy) is 1. The zero-order valence-corrected chi connectivity index (χ0v) is 18.0. The van der Waals surface area contributed by atoms with Crippen LogP contribution in [0.15, 0.2) is 42.5 Å². The number of carbonyl (C=O) groups excluding carboxylic acids is 3. The zero-order chi connectivity index (χ0) is 23.3. The van der Waals surface area contributed by atoms with E-state index in [4.69, 9.17) is 4.74 Å². The topological polar surface area (TPSA) is 108 Å². The number of nitrogens with one attached hydrogen (secondary N) is 2. The number of amides is 3. The number of phenols is 1. The third-order valence-corrected chi connectivity index (χ3v) is 6.89. The molecule has 3 amide bonds. The SMILES string of the molecule is COCCCN1C(=O)[C@H]2[C@@H](C1=O)[C@@]1(N[C@@H]2Cc2ccc(O)cc2)C(=O)Nc2ccc(F)cc21. The van der Waals surface area contributed by atoms with Crippen LogP contribution in [0.2, 0.25) is 0 Å². The van der Waals surface area contributed by atoms with Crippen molar-refractivity contribution >= 4 is 23.4 Å². The van der Waals surface area contributed by atoms with Crippen LogP contribution in [0.1, 0.15) is 17.5 Å². The fraction of sp³-hybridized carbons (Fsp3) is 0.375. The number of rotatable bonds is 6. The molecule has 3 N–H and O–H groups in total. The van der Waals surface area contributed by atoms with Crippen LogP contribution >= 0.6 is 0 Å². The number of aromatic hydroxyl groups is 1. The molecule has 3 heterocycles. The van der Waals surface area contributed by atoms with Gasteiger partial charge in [0.2, 0.25) is 17.7 Å². The lowest BCUT2D eigenvalue weighted by Crippen LogP contribution is -2.53. The molecule has 33 heavy (non-hydrogen) atoms. The summed E-state index contributed by atoms with van der Waals surface area (Å²) in [6, 6.07) is 9.99. The minimum absolute atomic E-state index is 0.114. The van der Waals surface area contributed by atoms with Gasteiger partial charge < -0.3 is 15.2 Å².